The Morgan fingerprint density at radius 2 is 2.09 bits per heavy atom. The number of nitrogens with zero attached hydrogens (tertiary/aromatic N) is 2. The van der Waals surface area contributed by atoms with Gasteiger partial charge in [-0.05, 0) is 41.4 Å². The van der Waals surface area contributed by atoms with E-state index in [2.05, 4.69) is 32.0 Å². The van der Waals surface area contributed by atoms with Crippen molar-refractivity contribution in [3.63, 3.8) is 0 Å². The molecular formula is C17H23N3OS. The van der Waals surface area contributed by atoms with Gasteiger partial charge in [-0.15, -0.1) is 0 Å². The van der Waals surface area contributed by atoms with Crippen LogP contribution in [0.3, 0.4) is 0 Å². The molecule has 0 amide bonds. The maximum absolute atomic E-state index is 5.86. The normalized spacial score (nSPS) is 12.8. The third kappa shape index (κ3) is 5.07. The Balaban J connectivity index is 1.80. The molecule has 22 heavy (non-hydrogen) atoms. The summed E-state index contributed by atoms with van der Waals surface area (Å²) in [4.78, 5) is 6.44. The van der Waals surface area contributed by atoms with Gasteiger partial charge in [0.2, 0.25) is 0 Å². The fourth-order valence-corrected chi connectivity index (χ4v) is 2.78. The van der Waals surface area contributed by atoms with Gasteiger partial charge in [-0.3, -0.25) is 4.99 Å². The average molecular weight is 317 g/mol. The fraction of sp³-hybridized carbons (Fsp3) is 0.353. The fourth-order valence-electron chi connectivity index (χ4n) is 2.12. The van der Waals surface area contributed by atoms with Crippen LogP contribution in [0.25, 0.3) is 0 Å². The molecule has 5 heteroatoms. The molecule has 2 rings (SSSR count). The first-order chi connectivity index (χ1) is 10.7. The summed E-state index contributed by atoms with van der Waals surface area (Å²) in [7, 11) is 3.84. The smallest absolute Gasteiger partial charge is 0.193 e. The minimum absolute atomic E-state index is 0.0636. The number of thiophene rings is 1. The van der Waals surface area contributed by atoms with Crippen LogP contribution >= 0.6 is 11.3 Å². The van der Waals surface area contributed by atoms with Gasteiger partial charge in [0.25, 0.3) is 0 Å². The van der Waals surface area contributed by atoms with E-state index in [0.29, 0.717) is 6.54 Å². The summed E-state index contributed by atoms with van der Waals surface area (Å²) in [5.41, 5.74) is 1.30. The van der Waals surface area contributed by atoms with Crippen molar-refractivity contribution in [2.75, 3.05) is 20.6 Å². The molecule has 0 fully saturated rings. The first kappa shape index (κ1) is 16.4. The van der Waals surface area contributed by atoms with Crippen molar-refractivity contribution >= 4 is 17.3 Å². The number of hydrogen-bond acceptors (Lipinski definition) is 3. The lowest BCUT2D eigenvalue weighted by molar-refractivity contribution is 0.222. The lowest BCUT2D eigenvalue weighted by atomic mass is 10.3. The predicted molar refractivity (Wildman–Crippen MR) is 93.7 cm³/mol. The van der Waals surface area contributed by atoms with Crippen molar-refractivity contribution in [2.24, 2.45) is 4.99 Å². The number of benzene rings is 1. The molecule has 0 radical (unpaired) electrons. The maximum Gasteiger partial charge on any atom is 0.193 e. The van der Waals surface area contributed by atoms with Crippen molar-refractivity contribution in [2.45, 2.75) is 19.6 Å². The van der Waals surface area contributed by atoms with Crippen LogP contribution in [0.15, 0.2) is 52.2 Å². The van der Waals surface area contributed by atoms with E-state index in [1.807, 2.05) is 44.3 Å². The van der Waals surface area contributed by atoms with E-state index in [4.69, 9.17) is 4.74 Å². The Bertz CT molecular complexity index is 569. The van der Waals surface area contributed by atoms with Crippen LogP contribution in [0.5, 0.6) is 5.75 Å². The van der Waals surface area contributed by atoms with E-state index in [1.165, 1.54) is 5.56 Å². The highest BCUT2D eigenvalue weighted by molar-refractivity contribution is 7.07. The van der Waals surface area contributed by atoms with Crippen molar-refractivity contribution < 1.29 is 4.74 Å². The van der Waals surface area contributed by atoms with Crippen LogP contribution in [0, 0.1) is 0 Å². The molecule has 118 valence electrons. The molecule has 1 aromatic heterocycles. The minimum Gasteiger partial charge on any atom is -0.489 e. The van der Waals surface area contributed by atoms with Gasteiger partial charge in [-0.25, -0.2) is 0 Å². The molecule has 0 aliphatic rings. The molecule has 1 aromatic carbocycles. The Labute approximate surface area is 136 Å². The summed E-state index contributed by atoms with van der Waals surface area (Å²) in [6.07, 6.45) is 0.0636. The highest BCUT2D eigenvalue weighted by atomic mass is 32.1. The SMILES string of the molecule is CN=C(NCC(C)Oc1ccccc1)N(C)Cc1ccsc1. The van der Waals surface area contributed by atoms with Crippen LogP contribution < -0.4 is 10.1 Å². The first-order valence-electron chi connectivity index (χ1n) is 7.33. The number of nitrogens with one attached hydrogen (secondary N) is 1. The molecule has 0 bridgehead atoms. The quantitative estimate of drug-likeness (QED) is 0.656. The molecule has 0 spiro atoms. The summed E-state index contributed by atoms with van der Waals surface area (Å²) in [5, 5.41) is 7.61. The van der Waals surface area contributed by atoms with E-state index >= 15 is 0 Å². The van der Waals surface area contributed by atoms with Crippen molar-refractivity contribution in [3.05, 3.63) is 52.7 Å². The van der Waals surface area contributed by atoms with E-state index < -0.39 is 0 Å². The Morgan fingerprint density at radius 3 is 2.73 bits per heavy atom. The highest BCUT2D eigenvalue weighted by Gasteiger charge is 2.09. The summed E-state index contributed by atoms with van der Waals surface area (Å²) < 4.78 is 5.86. The molecule has 0 aliphatic carbocycles. The summed E-state index contributed by atoms with van der Waals surface area (Å²) in [6, 6.07) is 12.0. The van der Waals surface area contributed by atoms with Gasteiger partial charge >= 0.3 is 0 Å². The maximum atomic E-state index is 5.86. The van der Waals surface area contributed by atoms with Gasteiger partial charge in [0.15, 0.2) is 5.96 Å². The van der Waals surface area contributed by atoms with Crippen molar-refractivity contribution in [1.29, 1.82) is 0 Å². The number of hydrogen-bond donors (Lipinski definition) is 1. The van der Waals surface area contributed by atoms with Gasteiger partial charge < -0.3 is 15.0 Å². The molecule has 2 aromatic rings. The Kier molecular flexibility index (Phi) is 6.27. The molecule has 1 heterocycles. The van der Waals surface area contributed by atoms with Crippen LogP contribution in [0.2, 0.25) is 0 Å². The number of para-hydroxylation sites is 1. The van der Waals surface area contributed by atoms with Crippen molar-refractivity contribution in [1.82, 2.24) is 10.2 Å². The second-order valence-electron chi connectivity index (χ2n) is 5.16. The van der Waals surface area contributed by atoms with Gasteiger partial charge in [0.05, 0.1) is 6.54 Å². The second kappa shape index (κ2) is 8.44. The Hall–Kier alpha value is -2.01. The van der Waals surface area contributed by atoms with E-state index in [0.717, 1.165) is 18.3 Å². The lowest BCUT2D eigenvalue weighted by Crippen LogP contribution is -2.42. The van der Waals surface area contributed by atoms with Crippen LogP contribution in [0.4, 0.5) is 0 Å². The molecule has 1 N–H and O–H groups in total. The summed E-state index contributed by atoms with van der Waals surface area (Å²) >= 11 is 1.71. The predicted octanol–water partition coefficient (Wildman–Crippen LogP) is 3.22. The molecule has 4 nitrogen and oxygen atoms in total. The van der Waals surface area contributed by atoms with Crippen LogP contribution in [0.1, 0.15) is 12.5 Å². The standard InChI is InChI=1S/C17H23N3OS/c1-14(21-16-7-5-4-6-8-16)11-19-17(18-2)20(3)12-15-9-10-22-13-15/h4-10,13-14H,11-12H2,1-3H3,(H,18,19). The number of guanidine groups is 1. The lowest BCUT2D eigenvalue weighted by Gasteiger charge is -2.23. The zero-order chi connectivity index (χ0) is 15.8. The zero-order valence-corrected chi connectivity index (χ0v) is 14.1. The zero-order valence-electron chi connectivity index (χ0n) is 13.3. The van der Waals surface area contributed by atoms with Gasteiger partial charge in [-0.2, -0.15) is 11.3 Å². The number of ether oxygens (including phenoxy) is 1. The third-order valence-electron chi connectivity index (χ3n) is 3.20. The summed E-state index contributed by atoms with van der Waals surface area (Å²) in [5.74, 6) is 1.76. The van der Waals surface area contributed by atoms with E-state index in [9.17, 15) is 0 Å². The largest absolute Gasteiger partial charge is 0.489 e. The highest BCUT2D eigenvalue weighted by Crippen LogP contribution is 2.11. The van der Waals surface area contributed by atoms with E-state index in [1.54, 1.807) is 18.4 Å². The molecule has 1 unspecified atom stereocenters. The van der Waals surface area contributed by atoms with E-state index in [-0.39, 0.29) is 6.10 Å². The monoisotopic (exact) mass is 317 g/mol. The number of aliphatic imine (C=N–C) groups is 1. The van der Waals surface area contributed by atoms with Gasteiger partial charge in [0, 0.05) is 20.6 Å². The third-order valence-corrected chi connectivity index (χ3v) is 3.93. The average Bonchev–Trinajstić information content (AvgIpc) is 3.01. The molecule has 1 atom stereocenters. The molecular weight excluding hydrogens is 294 g/mol. The minimum atomic E-state index is 0.0636. The second-order valence-corrected chi connectivity index (χ2v) is 5.94. The van der Waals surface area contributed by atoms with Crippen LogP contribution in [-0.2, 0) is 6.54 Å². The first-order valence-corrected chi connectivity index (χ1v) is 8.28. The van der Waals surface area contributed by atoms with Crippen LogP contribution in [-0.4, -0.2) is 37.6 Å². The topological polar surface area (TPSA) is 36.9 Å². The molecule has 0 saturated carbocycles. The summed E-state index contributed by atoms with van der Waals surface area (Å²) in [6.45, 7) is 3.60. The Morgan fingerprint density at radius 1 is 1.32 bits per heavy atom. The van der Waals surface area contributed by atoms with Gasteiger partial charge in [-0.1, -0.05) is 18.2 Å². The number of rotatable bonds is 6. The van der Waals surface area contributed by atoms with Gasteiger partial charge in [0.1, 0.15) is 11.9 Å². The molecule has 0 aliphatic heterocycles. The molecule has 0 saturated heterocycles. The van der Waals surface area contributed by atoms with Crippen molar-refractivity contribution in [3.8, 4) is 5.75 Å².